The summed E-state index contributed by atoms with van der Waals surface area (Å²) in [6.07, 6.45) is 0. The number of hydrogen-bond acceptors (Lipinski definition) is 4. The summed E-state index contributed by atoms with van der Waals surface area (Å²) in [4.78, 5) is 24.9. The summed E-state index contributed by atoms with van der Waals surface area (Å²) in [6, 6.07) is 13.2. The van der Waals surface area contributed by atoms with E-state index in [0.717, 1.165) is 9.82 Å². The third kappa shape index (κ3) is 3.51. The van der Waals surface area contributed by atoms with E-state index < -0.39 is 15.9 Å². The quantitative estimate of drug-likeness (QED) is 0.711. The molecule has 142 valence electrons. The Morgan fingerprint density at radius 1 is 1.07 bits per heavy atom. The van der Waals surface area contributed by atoms with Crippen LogP contribution < -0.4 is 11.0 Å². The van der Waals surface area contributed by atoms with E-state index in [1.807, 2.05) is 6.07 Å². The van der Waals surface area contributed by atoms with E-state index in [1.54, 1.807) is 37.4 Å². The monoisotopic (exact) mass is 388 g/mol. The van der Waals surface area contributed by atoms with Gasteiger partial charge < -0.3 is 5.32 Å². The van der Waals surface area contributed by atoms with Gasteiger partial charge in [-0.15, -0.1) is 0 Å². The van der Waals surface area contributed by atoms with E-state index in [1.165, 1.54) is 35.4 Å². The van der Waals surface area contributed by atoms with Gasteiger partial charge in [0.2, 0.25) is 15.9 Å². The van der Waals surface area contributed by atoms with Gasteiger partial charge in [-0.2, -0.15) is 0 Å². The molecule has 1 N–H and O–H groups in total. The second-order valence-electron chi connectivity index (χ2n) is 6.28. The van der Waals surface area contributed by atoms with Crippen LogP contribution in [-0.2, 0) is 28.4 Å². The normalized spacial score (nSPS) is 11.9. The smallest absolute Gasteiger partial charge is 0.324 e. The molecule has 0 atom stereocenters. The molecular formula is C18H20N4O4S. The van der Waals surface area contributed by atoms with Crippen molar-refractivity contribution in [2.24, 2.45) is 7.05 Å². The Balaban J connectivity index is 1.86. The van der Waals surface area contributed by atoms with Gasteiger partial charge in [0, 0.05) is 26.8 Å². The highest BCUT2D eigenvalue weighted by Crippen LogP contribution is 2.18. The minimum Gasteiger partial charge on any atom is -0.324 e. The average Bonchev–Trinajstić information content (AvgIpc) is 2.87. The molecule has 1 aromatic heterocycles. The topological polar surface area (TPSA) is 93.4 Å². The van der Waals surface area contributed by atoms with E-state index in [4.69, 9.17) is 0 Å². The number of aryl methyl sites for hydroxylation is 1. The predicted octanol–water partition coefficient (Wildman–Crippen LogP) is 1.23. The first-order valence-electron chi connectivity index (χ1n) is 8.18. The molecule has 0 spiro atoms. The number of nitrogens with one attached hydrogen (secondary N) is 1. The van der Waals surface area contributed by atoms with Gasteiger partial charge in [-0.05, 0) is 30.3 Å². The molecule has 0 saturated heterocycles. The molecule has 0 aliphatic carbocycles. The highest BCUT2D eigenvalue weighted by atomic mass is 32.2. The zero-order chi connectivity index (χ0) is 19.8. The number of para-hydroxylation sites is 2. The van der Waals surface area contributed by atoms with Gasteiger partial charge in [0.05, 0.1) is 15.9 Å². The lowest BCUT2D eigenvalue weighted by Gasteiger charge is -2.13. The minimum atomic E-state index is -3.60. The molecule has 0 aliphatic heterocycles. The summed E-state index contributed by atoms with van der Waals surface area (Å²) in [5.41, 5.74) is 1.44. The summed E-state index contributed by atoms with van der Waals surface area (Å²) >= 11 is 0. The maximum atomic E-state index is 12.4. The highest BCUT2D eigenvalue weighted by Gasteiger charge is 2.18. The Kier molecular flexibility index (Phi) is 4.90. The largest absolute Gasteiger partial charge is 0.329 e. The second-order valence-corrected chi connectivity index (χ2v) is 8.43. The molecule has 0 unspecified atom stereocenters. The fourth-order valence-electron chi connectivity index (χ4n) is 2.81. The van der Waals surface area contributed by atoms with Gasteiger partial charge in [-0.1, -0.05) is 18.2 Å². The van der Waals surface area contributed by atoms with Crippen LogP contribution in [0.2, 0.25) is 0 Å². The Labute approximate surface area is 156 Å². The number of imidazole rings is 1. The van der Waals surface area contributed by atoms with Crippen molar-refractivity contribution in [1.29, 1.82) is 0 Å². The van der Waals surface area contributed by atoms with Crippen molar-refractivity contribution in [3.63, 3.8) is 0 Å². The Morgan fingerprint density at radius 2 is 1.74 bits per heavy atom. The molecule has 3 rings (SSSR count). The summed E-state index contributed by atoms with van der Waals surface area (Å²) in [6.45, 7) is -0.176. The number of nitrogens with zero attached hydrogens (tertiary/aromatic N) is 3. The van der Waals surface area contributed by atoms with Crippen molar-refractivity contribution in [1.82, 2.24) is 13.4 Å². The van der Waals surface area contributed by atoms with Crippen LogP contribution in [0.5, 0.6) is 0 Å². The second kappa shape index (κ2) is 7.01. The molecule has 1 heterocycles. The molecule has 0 radical (unpaired) electrons. The molecule has 0 saturated carbocycles. The first-order chi connectivity index (χ1) is 12.7. The zero-order valence-corrected chi connectivity index (χ0v) is 16.0. The van der Waals surface area contributed by atoms with E-state index in [2.05, 4.69) is 5.32 Å². The predicted molar refractivity (Wildman–Crippen MR) is 103 cm³/mol. The van der Waals surface area contributed by atoms with Crippen molar-refractivity contribution in [2.75, 3.05) is 19.4 Å². The highest BCUT2D eigenvalue weighted by molar-refractivity contribution is 7.89. The lowest BCUT2D eigenvalue weighted by Crippen LogP contribution is -2.28. The van der Waals surface area contributed by atoms with E-state index in [9.17, 15) is 18.0 Å². The lowest BCUT2D eigenvalue weighted by atomic mass is 10.3. The number of sulfonamides is 1. The van der Waals surface area contributed by atoms with Gasteiger partial charge in [0.1, 0.15) is 6.54 Å². The zero-order valence-electron chi connectivity index (χ0n) is 15.2. The standard InChI is InChI=1S/C18H20N4O4S/c1-20(2)27(25,26)14-8-6-7-13(11-14)19-17(23)12-22-16-10-5-4-9-15(16)21(3)18(22)24/h4-11H,12H2,1-3H3,(H,19,23). The van der Waals surface area contributed by atoms with Crippen LogP contribution in [0, 0.1) is 0 Å². The molecule has 8 nitrogen and oxygen atoms in total. The van der Waals surface area contributed by atoms with Crippen molar-refractivity contribution in [2.45, 2.75) is 11.4 Å². The van der Waals surface area contributed by atoms with Crippen molar-refractivity contribution < 1.29 is 13.2 Å². The van der Waals surface area contributed by atoms with Crippen LogP contribution >= 0.6 is 0 Å². The van der Waals surface area contributed by atoms with Crippen LogP contribution in [0.4, 0.5) is 5.69 Å². The third-order valence-corrected chi connectivity index (χ3v) is 6.06. The van der Waals surface area contributed by atoms with Crippen LogP contribution in [0.1, 0.15) is 0 Å². The maximum Gasteiger partial charge on any atom is 0.329 e. The van der Waals surface area contributed by atoms with Crippen LogP contribution in [0.25, 0.3) is 11.0 Å². The first kappa shape index (κ1) is 18.9. The Bertz CT molecular complexity index is 1180. The number of hydrogen-bond donors (Lipinski definition) is 1. The fraction of sp³-hybridized carbons (Fsp3) is 0.222. The summed E-state index contributed by atoms with van der Waals surface area (Å²) < 4.78 is 28.4. The Morgan fingerprint density at radius 3 is 2.41 bits per heavy atom. The first-order valence-corrected chi connectivity index (χ1v) is 9.62. The van der Waals surface area contributed by atoms with E-state index in [0.29, 0.717) is 11.2 Å². The van der Waals surface area contributed by atoms with E-state index >= 15 is 0 Å². The van der Waals surface area contributed by atoms with Crippen molar-refractivity contribution in [3.05, 3.63) is 59.0 Å². The number of aromatic nitrogens is 2. The molecule has 0 aliphatic rings. The lowest BCUT2D eigenvalue weighted by molar-refractivity contribution is -0.116. The molecule has 1 amide bonds. The van der Waals surface area contributed by atoms with Crippen LogP contribution in [0.15, 0.2) is 58.2 Å². The van der Waals surface area contributed by atoms with Crippen molar-refractivity contribution in [3.8, 4) is 0 Å². The number of benzene rings is 2. The van der Waals surface area contributed by atoms with Gasteiger partial charge in [-0.3, -0.25) is 13.9 Å². The number of carbonyl (C=O) groups is 1. The van der Waals surface area contributed by atoms with Gasteiger partial charge in [0.15, 0.2) is 0 Å². The molecule has 27 heavy (non-hydrogen) atoms. The van der Waals surface area contributed by atoms with Crippen molar-refractivity contribution >= 4 is 32.7 Å². The van der Waals surface area contributed by atoms with Gasteiger partial charge in [0.25, 0.3) is 0 Å². The fourth-order valence-corrected chi connectivity index (χ4v) is 3.75. The number of amides is 1. The van der Waals surface area contributed by atoms with Gasteiger partial charge in [-0.25, -0.2) is 17.5 Å². The average molecular weight is 388 g/mol. The van der Waals surface area contributed by atoms with Crippen LogP contribution in [0.3, 0.4) is 0 Å². The summed E-state index contributed by atoms with van der Waals surface area (Å²) in [5, 5.41) is 2.65. The molecule has 9 heteroatoms. The number of rotatable bonds is 5. The van der Waals surface area contributed by atoms with E-state index in [-0.39, 0.29) is 17.1 Å². The number of fused-ring (bicyclic) bond motifs is 1. The SMILES string of the molecule is CN(C)S(=O)(=O)c1cccc(NC(=O)Cn2c(=O)n(C)c3ccccc32)c1. The van der Waals surface area contributed by atoms with Crippen LogP contribution in [-0.4, -0.2) is 41.9 Å². The molecule has 3 aromatic rings. The Hall–Kier alpha value is -2.91. The molecule has 2 aromatic carbocycles. The minimum absolute atomic E-state index is 0.0765. The van der Waals surface area contributed by atoms with Gasteiger partial charge >= 0.3 is 5.69 Å². The molecule has 0 fully saturated rings. The maximum absolute atomic E-state index is 12.4. The number of anilines is 1. The molecular weight excluding hydrogens is 368 g/mol. The molecule has 0 bridgehead atoms. The summed E-state index contributed by atoms with van der Waals surface area (Å²) in [7, 11) is 0.921. The number of carbonyl (C=O) groups excluding carboxylic acids is 1. The third-order valence-electron chi connectivity index (χ3n) is 4.25. The summed E-state index contributed by atoms with van der Waals surface area (Å²) in [5.74, 6) is -0.423.